The van der Waals surface area contributed by atoms with Crippen LogP contribution < -0.4 is 10.1 Å². The van der Waals surface area contributed by atoms with E-state index in [0.717, 1.165) is 37.4 Å². The SMILES string of the molecule is Cc1ccccc1OCC(O)CNC(C)CCN(Cc1ccccc1)Cc1ccccc1. The molecule has 3 aromatic carbocycles. The van der Waals surface area contributed by atoms with Crippen LogP contribution in [0.25, 0.3) is 0 Å². The van der Waals surface area contributed by atoms with E-state index in [4.69, 9.17) is 4.74 Å². The molecule has 4 nitrogen and oxygen atoms in total. The Morgan fingerprint density at radius 3 is 2.00 bits per heavy atom. The van der Waals surface area contributed by atoms with Gasteiger partial charge in [-0.15, -0.1) is 0 Å². The molecule has 0 aliphatic rings. The van der Waals surface area contributed by atoms with Gasteiger partial charge in [-0.25, -0.2) is 0 Å². The number of ether oxygens (including phenoxy) is 1. The monoisotopic (exact) mass is 432 g/mol. The second kappa shape index (κ2) is 13.0. The van der Waals surface area contributed by atoms with Crippen LogP contribution in [0.4, 0.5) is 0 Å². The van der Waals surface area contributed by atoms with Gasteiger partial charge in [0.15, 0.2) is 0 Å². The first-order valence-corrected chi connectivity index (χ1v) is 11.5. The zero-order valence-corrected chi connectivity index (χ0v) is 19.3. The van der Waals surface area contributed by atoms with Crippen molar-refractivity contribution >= 4 is 0 Å². The Balaban J connectivity index is 1.44. The lowest BCUT2D eigenvalue weighted by Crippen LogP contribution is -2.38. The smallest absolute Gasteiger partial charge is 0.122 e. The first-order chi connectivity index (χ1) is 15.6. The maximum atomic E-state index is 10.3. The molecule has 0 aromatic heterocycles. The highest BCUT2D eigenvalue weighted by molar-refractivity contribution is 5.31. The number of nitrogens with one attached hydrogen (secondary N) is 1. The molecule has 0 spiro atoms. The van der Waals surface area contributed by atoms with Crippen LogP contribution >= 0.6 is 0 Å². The number of benzene rings is 3. The minimum Gasteiger partial charge on any atom is -0.491 e. The lowest BCUT2D eigenvalue weighted by Gasteiger charge is -2.25. The fourth-order valence-corrected chi connectivity index (χ4v) is 3.68. The van der Waals surface area contributed by atoms with Crippen molar-refractivity contribution in [3.05, 3.63) is 102 Å². The van der Waals surface area contributed by atoms with Crippen LogP contribution in [0.5, 0.6) is 5.75 Å². The largest absolute Gasteiger partial charge is 0.491 e. The van der Waals surface area contributed by atoms with Crippen molar-refractivity contribution in [3.63, 3.8) is 0 Å². The van der Waals surface area contributed by atoms with Gasteiger partial charge < -0.3 is 15.2 Å². The van der Waals surface area contributed by atoms with E-state index in [1.807, 2.05) is 31.2 Å². The van der Waals surface area contributed by atoms with Gasteiger partial charge in [0.05, 0.1) is 0 Å². The van der Waals surface area contributed by atoms with Gasteiger partial charge in [-0.1, -0.05) is 78.9 Å². The Morgan fingerprint density at radius 2 is 1.41 bits per heavy atom. The summed E-state index contributed by atoms with van der Waals surface area (Å²) in [6.45, 7) is 7.83. The Morgan fingerprint density at radius 1 is 0.844 bits per heavy atom. The number of aryl methyl sites for hydroxylation is 1. The summed E-state index contributed by atoms with van der Waals surface area (Å²) in [7, 11) is 0. The molecule has 3 rings (SSSR count). The second-order valence-electron chi connectivity index (χ2n) is 8.51. The van der Waals surface area contributed by atoms with Gasteiger partial charge in [0, 0.05) is 32.2 Å². The number of para-hydroxylation sites is 1. The summed E-state index contributed by atoms with van der Waals surface area (Å²) in [5.74, 6) is 0.831. The van der Waals surface area contributed by atoms with Crippen molar-refractivity contribution in [3.8, 4) is 5.75 Å². The van der Waals surface area contributed by atoms with Gasteiger partial charge in [0.1, 0.15) is 18.5 Å². The van der Waals surface area contributed by atoms with Crippen LogP contribution in [0.3, 0.4) is 0 Å². The van der Waals surface area contributed by atoms with Crippen LogP contribution in [0.1, 0.15) is 30.0 Å². The zero-order valence-electron chi connectivity index (χ0n) is 19.3. The highest BCUT2D eigenvalue weighted by Gasteiger charge is 2.12. The molecule has 0 bridgehead atoms. The summed E-state index contributed by atoms with van der Waals surface area (Å²) in [6, 6.07) is 29.4. The van der Waals surface area contributed by atoms with E-state index in [1.54, 1.807) is 0 Å². The number of rotatable bonds is 13. The predicted molar refractivity (Wildman–Crippen MR) is 132 cm³/mol. The van der Waals surface area contributed by atoms with Crippen LogP contribution in [0.15, 0.2) is 84.9 Å². The van der Waals surface area contributed by atoms with Crippen molar-refractivity contribution in [1.29, 1.82) is 0 Å². The fourth-order valence-electron chi connectivity index (χ4n) is 3.68. The van der Waals surface area contributed by atoms with Gasteiger partial charge in [-0.05, 0) is 43.0 Å². The average Bonchev–Trinajstić information content (AvgIpc) is 2.82. The van der Waals surface area contributed by atoms with E-state index in [0.29, 0.717) is 19.2 Å². The van der Waals surface area contributed by atoms with E-state index in [1.165, 1.54) is 11.1 Å². The topological polar surface area (TPSA) is 44.7 Å². The number of hydrogen-bond donors (Lipinski definition) is 2. The third-order valence-corrected chi connectivity index (χ3v) is 5.60. The zero-order chi connectivity index (χ0) is 22.6. The molecular formula is C28H36N2O2. The average molecular weight is 433 g/mol. The molecule has 3 aromatic rings. The van der Waals surface area contributed by atoms with Crippen molar-refractivity contribution in [1.82, 2.24) is 10.2 Å². The molecule has 0 aliphatic carbocycles. The van der Waals surface area contributed by atoms with Crippen molar-refractivity contribution < 1.29 is 9.84 Å². The summed E-state index contributed by atoms with van der Waals surface area (Å²) in [4.78, 5) is 2.49. The molecule has 0 fully saturated rings. The predicted octanol–water partition coefficient (Wildman–Crippen LogP) is 4.81. The van der Waals surface area contributed by atoms with E-state index < -0.39 is 6.10 Å². The minimum absolute atomic E-state index is 0.290. The molecule has 0 heterocycles. The molecule has 4 heteroatoms. The Labute approximate surface area is 192 Å². The summed E-state index contributed by atoms with van der Waals surface area (Å²) < 4.78 is 5.76. The molecule has 2 N–H and O–H groups in total. The maximum absolute atomic E-state index is 10.3. The lowest BCUT2D eigenvalue weighted by molar-refractivity contribution is 0.103. The van der Waals surface area contributed by atoms with Gasteiger partial charge in [-0.2, -0.15) is 0 Å². The summed E-state index contributed by atoms with van der Waals surface area (Å²) in [5.41, 5.74) is 3.73. The van der Waals surface area contributed by atoms with Gasteiger partial charge >= 0.3 is 0 Å². The van der Waals surface area contributed by atoms with E-state index in [-0.39, 0.29) is 0 Å². The molecule has 2 atom stereocenters. The molecule has 0 saturated heterocycles. The third-order valence-electron chi connectivity index (χ3n) is 5.60. The molecule has 0 aliphatic heterocycles. The Kier molecular flexibility index (Phi) is 9.76. The molecular weight excluding hydrogens is 396 g/mol. The van der Waals surface area contributed by atoms with Gasteiger partial charge in [0.2, 0.25) is 0 Å². The Bertz CT molecular complexity index is 860. The molecule has 2 unspecified atom stereocenters. The standard InChI is InChI=1S/C28H36N2O2/c1-23-11-9-10-16-28(23)32-22-27(31)19-29-24(2)17-18-30(20-25-12-5-3-6-13-25)21-26-14-7-4-8-15-26/h3-16,24,27,29,31H,17-22H2,1-2H3. The van der Waals surface area contributed by atoms with Crippen molar-refractivity contribution in [2.75, 3.05) is 19.7 Å². The van der Waals surface area contributed by atoms with Crippen LogP contribution in [-0.2, 0) is 13.1 Å². The second-order valence-corrected chi connectivity index (χ2v) is 8.51. The number of aliphatic hydroxyl groups excluding tert-OH is 1. The lowest BCUT2D eigenvalue weighted by atomic mass is 10.1. The summed E-state index contributed by atoms with van der Waals surface area (Å²) >= 11 is 0. The first-order valence-electron chi connectivity index (χ1n) is 11.5. The first kappa shape index (κ1) is 24.0. The summed E-state index contributed by atoms with van der Waals surface area (Å²) in [5, 5.41) is 13.8. The highest BCUT2D eigenvalue weighted by atomic mass is 16.5. The summed E-state index contributed by atoms with van der Waals surface area (Å²) in [6.07, 6.45) is 0.465. The minimum atomic E-state index is -0.540. The molecule has 170 valence electrons. The van der Waals surface area contributed by atoms with Gasteiger partial charge in [0.25, 0.3) is 0 Å². The van der Waals surface area contributed by atoms with Gasteiger partial charge in [-0.3, -0.25) is 4.90 Å². The van der Waals surface area contributed by atoms with Crippen molar-refractivity contribution in [2.24, 2.45) is 0 Å². The number of hydrogen-bond acceptors (Lipinski definition) is 4. The quantitative estimate of drug-likeness (QED) is 0.407. The van der Waals surface area contributed by atoms with Crippen molar-refractivity contribution in [2.45, 2.75) is 45.5 Å². The van der Waals surface area contributed by atoms with E-state index >= 15 is 0 Å². The molecule has 0 amide bonds. The Hall–Kier alpha value is -2.66. The van der Waals surface area contributed by atoms with E-state index in [2.05, 4.69) is 77.8 Å². The highest BCUT2D eigenvalue weighted by Crippen LogP contribution is 2.16. The molecule has 0 saturated carbocycles. The third kappa shape index (κ3) is 8.46. The maximum Gasteiger partial charge on any atom is 0.122 e. The number of aliphatic hydroxyl groups is 1. The van der Waals surface area contributed by atoms with E-state index in [9.17, 15) is 5.11 Å². The fraction of sp³-hybridized carbons (Fsp3) is 0.357. The van der Waals surface area contributed by atoms with Crippen LogP contribution in [0.2, 0.25) is 0 Å². The number of nitrogens with zero attached hydrogens (tertiary/aromatic N) is 1. The molecule has 0 radical (unpaired) electrons. The van der Waals surface area contributed by atoms with Crippen LogP contribution in [0, 0.1) is 6.92 Å². The van der Waals surface area contributed by atoms with Crippen LogP contribution in [-0.4, -0.2) is 41.8 Å². The normalized spacial score (nSPS) is 13.1. The molecule has 32 heavy (non-hydrogen) atoms.